The zero-order valence-corrected chi connectivity index (χ0v) is 30.6. The third-order valence-electron chi connectivity index (χ3n) is 6.01. The molecule has 0 spiro atoms. The molecule has 0 bridgehead atoms. The van der Waals surface area contributed by atoms with Gasteiger partial charge in [-0.1, -0.05) is 90.4 Å². The van der Waals surface area contributed by atoms with Crippen molar-refractivity contribution in [1.82, 2.24) is 5.32 Å². The number of phosphoric acid groups is 1. The molecule has 0 aliphatic heterocycles. The molecule has 1 N–H and O–H groups in total. The number of rotatable bonds is 28. The second kappa shape index (κ2) is 32.9. The molecule has 0 radical (unpaired) electrons. The standard InChI is InChI=1S/C27H54NO9P.2Na/c1-3-4-5-6-7-8-9-10-13-16-19-27(30)37-26(23-36-38(31,32)33)22-35-24-34-21-18-15-12-11-14-17-20-28-25(2)29;;/h26H,3-24H2,1-2H3,(H,28,29)(H2,31,32,33);;/q;2*+1/p-2/t26-;;/m0../s1. The number of carbonyl (C=O) groups excluding carboxylic acids is 2. The van der Waals surface area contributed by atoms with E-state index in [-0.39, 0.29) is 84.8 Å². The summed E-state index contributed by atoms with van der Waals surface area (Å²) in [5.41, 5.74) is 0. The van der Waals surface area contributed by atoms with Crippen molar-refractivity contribution in [1.29, 1.82) is 0 Å². The van der Waals surface area contributed by atoms with Gasteiger partial charge in [0.05, 0.1) is 21.0 Å². The Morgan fingerprint density at radius 2 is 1.27 bits per heavy atom. The van der Waals surface area contributed by atoms with Crippen molar-refractivity contribution in [3.8, 4) is 0 Å². The number of nitrogens with one attached hydrogen (secondary N) is 1. The van der Waals surface area contributed by atoms with Crippen molar-refractivity contribution >= 4 is 19.7 Å². The zero-order chi connectivity index (χ0) is 28.3. The van der Waals surface area contributed by atoms with Gasteiger partial charge in [-0.05, 0) is 19.3 Å². The minimum atomic E-state index is -5.18. The molecule has 10 nitrogen and oxygen atoms in total. The van der Waals surface area contributed by atoms with Crippen molar-refractivity contribution in [2.75, 3.05) is 33.2 Å². The number of amides is 1. The molecule has 13 heteroatoms. The largest absolute Gasteiger partial charge is 1.00 e. The first-order valence-electron chi connectivity index (χ1n) is 14.5. The molecule has 0 aliphatic rings. The van der Waals surface area contributed by atoms with E-state index < -0.39 is 26.5 Å². The van der Waals surface area contributed by atoms with Gasteiger partial charge in [0.2, 0.25) is 5.91 Å². The van der Waals surface area contributed by atoms with Crippen LogP contribution in [0.15, 0.2) is 0 Å². The third-order valence-corrected chi connectivity index (χ3v) is 6.48. The topological polar surface area (TPSA) is 146 Å². The van der Waals surface area contributed by atoms with Crippen molar-refractivity contribution in [3.63, 3.8) is 0 Å². The van der Waals surface area contributed by atoms with Gasteiger partial charge in [0, 0.05) is 26.5 Å². The number of carbonyl (C=O) groups is 2. The average molecular weight is 612 g/mol. The van der Waals surface area contributed by atoms with Crippen molar-refractivity contribution < 1.29 is 102 Å². The van der Waals surface area contributed by atoms with Crippen LogP contribution in [0.3, 0.4) is 0 Å². The van der Waals surface area contributed by atoms with Crippen LogP contribution >= 0.6 is 7.82 Å². The molecule has 0 aromatic heterocycles. The normalized spacial score (nSPS) is 11.8. The molecule has 0 aromatic rings. The molecule has 0 rings (SSSR count). The summed E-state index contributed by atoms with van der Waals surface area (Å²) in [7, 11) is -5.18. The van der Waals surface area contributed by atoms with Crippen LogP contribution in [-0.2, 0) is 32.9 Å². The van der Waals surface area contributed by atoms with Crippen LogP contribution in [0.25, 0.3) is 0 Å². The third kappa shape index (κ3) is 37.0. The Kier molecular flexibility index (Phi) is 37.3. The summed E-state index contributed by atoms with van der Waals surface area (Å²) >= 11 is 0. The van der Waals surface area contributed by atoms with E-state index in [9.17, 15) is 23.9 Å². The van der Waals surface area contributed by atoms with Gasteiger partial charge in [-0.2, -0.15) is 0 Å². The second-order valence-corrected chi connectivity index (χ2v) is 10.9. The Balaban J connectivity index is -0.00000684. The van der Waals surface area contributed by atoms with E-state index in [1.165, 1.54) is 45.4 Å². The maximum atomic E-state index is 12.2. The van der Waals surface area contributed by atoms with Crippen molar-refractivity contribution in [2.24, 2.45) is 0 Å². The van der Waals surface area contributed by atoms with E-state index in [2.05, 4.69) is 16.8 Å². The summed E-state index contributed by atoms with van der Waals surface area (Å²) in [6.07, 6.45) is 16.9. The van der Waals surface area contributed by atoms with E-state index in [1.807, 2.05) is 0 Å². The fraction of sp³-hybridized carbons (Fsp3) is 0.926. The van der Waals surface area contributed by atoms with Gasteiger partial charge in [-0.3, -0.25) is 9.59 Å². The number of esters is 1. The minimum absolute atomic E-state index is 0. The quantitative estimate of drug-likeness (QED) is 0.0368. The summed E-state index contributed by atoms with van der Waals surface area (Å²) in [5.74, 6) is -0.465. The molecule has 0 aromatic carbocycles. The van der Waals surface area contributed by atoms with Crippen LogP contribution < -0.4 is 74.2 Å². The Morgan fingerprint density at radius 3 is 1.82 bits per heavy atom. The molecule has 1 amide bonds. The van der Waals surface area contributed by atoms with Crippen molar-refractivity contribution in [3.05, 3.63) is 0 Å². The SMILES string of the molecule is CCCCCCCCCCCCC(=O)O[C@@H](COCOCCCCCCCCNC(C)=O)COP(=O)([O-])[O-].[Na+].[Na+]. The summed E-state index contributed by atoms with van der Waals surface area (Å²) in [6.45, 7) is 4.23. The van der Waals surface area contributed by atoms with E-state index >= 15 is 0 Å². The monoisotopic (exact) mass is 611 g/mol. The Bertz CT molecular complexity index is 627. The van der Waals surface area contributed by atoms with Gasteiger partial charge in [0.1, 0.15) is 12.9 Å². The molecule has 1 atom stereocenters. The molecule has 0 aliphatic carbocycles. The number of unbranched alkanes of at least 4 members (excludes halogenated alkanes) is 14. The summed E-state index contributed by atoms with van der Waals surface area (Å²) < 4.78 is 31.2. The Labute approximate surface area is 287 Å². The number of hydrogen-bond donors (Lipinski definition) is 1. The van der Waals surface area contributed by atoms with E-state index in [0.29, 0.717) is 13.0 Å². The predicted octanol–water partition coefficient (Wildman–Crippen LogP) is -1.47. The van der Waals surface area contributed by atoms with Crippen LogP contribution in [0.2, 0.25) is 0 Å². The molecule has 0 unspecified atom stereocenters. The van der Waals surface area contributed by atoms with E-state index in [0.717, 1.165) is 64.3 Å². The molecule has 40 heavy (non-hydrogen) atoms. The van der Waals surface area contributed by atoms with Crippen LogP contribution in [-0.4, -0.2) is 51.1 Å². The van der Waals surface area contributed by atoms with E-state index in [4.69, 9.17) is 14.2 Å². The predicted molar refractivity (Wildman–Crippen MR) is 143 cm³/mol. The second-order valence-electron chi connectivity index (χ2n) is 9.79. The fourth-order valence-electron chi connectivity index (χ4n) is 3.89. The Morgan fingerprint density at radius 1 is 0.750 bits per heavy atom. The van der Waals surface area contributed by atoms with Crippen molar-refractivity contribution in [2.45, 2.75) is 129 Å². The van der Waals surface area contributed by atoms with Gasteiger partial charge in [0.25, 0.3) is 0 Å². The van der Waals surface area contributed by atoms with Crippen LogP contribution in [0.5, 0.6) is 0 Å². The van der Waals surface area contributed by atoms with Gasteiger partial charge in [0.15, 0.2) is 0 Å². The van der Waals surface area contributed by atoms with Crippen LogP contribution in [0, 0.1) is 0 Å². The summed E-state index contributed by atoms with van der Waals surface area (Å²) in [6, 6.07) is 0. The summed E-state index contributed by atoms with van der Waals surface area (Å²) in [5, 5.41) is 2.78. The van der Waals surface area contributed by atoms with E-state index in [1.54, 1.807) is 0 Å². The molecular weight excluding hydrogens is 559 g/mol. The molecule has 0 saturated carbocycles. The minimum Gasteiger partial charge on any atom is -0.790 e. The maximum absolute atomic E-state index is 12.2. The number of phosphoric ester groups is 1. The smallest absolute Gasteiger partial charge is 0.790 e. The summed E-state index contributed by atoms with van der Waals surface area (Å²) in [4.78, 5) is 44.6. The zero-order valence-electron chi connectivity index (χ0n) is 25.8. The molecule has 0 saturated heterocycles. The first kappa shape index (κ1) is 45.4. The maximum Gasteiger partial charge on any atom is 1.00 e. The number of ether oxygens (including phenoxy) is 3. The molecule has 0 heterocycles. The van der Waals surface area contributed by atoms with Gasteiger partial charge in [-0.15, -0.1) is 0 Å². The average Bonchev–Trinajstić information content (AvgIpc) is 2.85. The van der Waals surface area contributed by atoms with Gasteiger partial charge < -0.3 is 38.4 Å². The first-order chi connectivity index (χ1) is 18.2. The van der Waals surface area contributed by atoms with Crippen LogP contribution in [0.1, 0.15) is 123 Å². The van der Waals surface area contributed by atoms with Crippen LogP contribution in [0.4, 0.5) is 0 Å². The molecular formula is C27H52NNa2O9P. The van der Waals surface area contributed by atoms with Gasteiger partial charge >= 0.3 is 65.1 Å². The first-order valence-corrected chi connectivity index (χ1v) is 16.0. The fourth-order valence-corrected chi connectivity index (χ4v) is 4.24. The number of hydrogen-bond acceptors (Lipinski definition) is 9. The molecule has 0 fully saturated rings. The molecule has 226 valence electrons. The van der Waals surface area contributed by atoms with Gasteiger partial charge in [-0.25, -0.2) is 0 Å². The Hall–Kier alpha value is 0.970.